The quantitative estimate of drug-likeness (QED) is 0.342. The summed E-state index contributed by atoms with van der Waals surface area (Å²) in [6, 6.07) is 0. The minimum absolute atomic E-state index is 0.00182. The smallest absolute Gasteiger partial charge is 0.220 e. The van der Waals surface area contributed by atoms with Crippen molar-refractivity contribution in [1.82, 2.24) is 0 Å². The maximum Gasteiger partial charge on any atom is 0.220 e. The first-order valence-electron chi connectivity index (χ1n) is 3.26. The monoisotopic (exact) mass is 170 g/mol. The van der Waals surface area contributed by atoms with Gasteiger partial charge in [0, 0.05) is 0 Å². The van der Waals surface area contributed by atoms with Crippen molar-refractivity contribution < 1.29 is 20.1 Å². The predicted octanol–water partition coefficient (Wildman–Crippen LogP) is -1.69. The van der Waals surface area contributed by atoms with Crippen molar-refractivity contribution in [2.45, 2.75) is 6.29 Å². The fourth-order valence-corrected chi connectivity index (χ4v) is 0.402. The number of aliphatic hydroxyl groups excluding tert-OH is 3. The highest BCUT2D eigenvalue weighted by atomic mass is 16.6. The Morgan fingerprint density at radius 1 is 1.08 bits per heavy atom. The van der Waals surface area contributed by atoms with Crippen molar-refractivity contribution in [3.63, 3.8) is 0 Å². The second-order valence-corrected chi connectivity index (χ2v) is 1.65. The lowest BCUT2D eigenvalue weighted by molar-refractivity contribution is -0.0429. The Kier molecular flexibility index (Phi) is 7.36. The van der Waals surface area contributed by atoms with Crippen LogP contribution in [0.5, 0.6) is 0 Å². The maximum atomic E-state index is 8.84. The van der Waals surface area contributed by atoms with Crippen molar-refractivity contribution >= 4 is 0 Å². The molecule has 0 rings (SSSR count). The van der Waals surface area contributed by atoms with Gasteiger partial charge >= 0.3 is 0 Å². The standard InChI is InChI=1S/C8H10O4/c9-5-1-2-7-12-8(11)4-3-6-10/h8-11H,5-7H2. The van der Waals surface area contributed by atoms with E-state index in [0.29, 0.717) is 0 Å². The summed E-state index contributed by atoms with van der Waals surface area (Å²) < 4.78 is 4.63. The van der Waals surface area contributed by atoms with E-state index in [2.05, 4.69) is 28.4 Å². The molecule has 0 heterocycles. The van der Waals surface area contributed by atoms with Crippen molar-refractivity contribution in [2.24, 2.45) is 0 Å². The van der Waals surface area contributed by atoms with Gasteiger partial charge < -0.3 is 20.1 Å². The van der Waals surface area contributed by atoms with Gasteiger partial charge in [-0.15, -0.1) is 0 Å². The summed E-state index contributed by atoms with van der Waals surface area (Å²) >= 11 is 0. The van der Waals surface area contributed by atoms with Gasteiger partial charge in [0.05, 0.1) is 0 Å². The van der Waals surface area contributed by atoms with Gasteiger partial charge in [0.2, 0.25) is 6.29 Å². The van der Waals surface area contributed by atoms with E-state index in [4.69, 9.17) is 15.3 Å². The molecule has 0 aromatic carbocycles. The summed E-state index contributed by atoms with van der Waals surface area (Å²) in [5, 5.41) is 25.3. The van der Waals surface area contributed by atoms with Crippen molar-refractivity contribution in [3.8, 4) is 23.7 Å². The molecule has 12 heavy (non-hydrogen) atoms. The van der Waals surface area contributed by atoms with E-state index < -0.39 is 6.29 Å². The fourth-order valence-electron chi connectivity index (χ4n) is 0.402. The predicted molar refractivity (Wildman–Crippen MR) is 41.7 cm³/mol. The van der Waals surface area contributed by atoms with E-state index in [0.717, 1.165) is 0 Å². The first-order chi connectivity index (χ1) is 5.81. The first-order valence-corrected chi connectivity index (χ1v) is 3.26. The van der Waals surface area contributed by atoms with Gasteiger partial charge in [0.1, 0.15) is 19.8 Å². The second kappa shape index (κ2) is 8.06. The van der Waals surface area contributed by atoms with E-state index >= 15 is 0 Å². The van der Waals surface area contributed by atoms with Crippen molar-refractivity contribution in [2.75, 3.05) is 19.8 Å². The molecule has 1 atom stereocenters. The highest BCUT2D eigenvalue weighted by molar-refractivity contribution is 5.03. The van der Waals surface area contributed by atoms with E-state index in [1.807, 2.05) is 0 Å². The third-order valence-corrected chi connectivity index (χ3v) is 0.822. The van der Waals surface area contributed by atoms with Crippen LogP contribution in [0.2, 0.25) is 0 Å². The molecule has 0 spiro atoms. The summed E-state index contributed by atoms with van der Waals surface area (Å²) in [5.74, 6) is 9.20. The lowest BCUT2D eigenvalue weighted by atomic mass is 10.5. The Morgan fingerprint density at radius 2 is 1.75 bits per heavy atom. The number of rotatable bonds is 2. The summed E-state index contributed by atoms with van der Waals surface area (Å²) in [6.07, 6.45) is -1.23. The highest BCUT2D eigenvalue weighted by Crippen LogP contribution is 1.81. The zero-order chi connectivity index (χ0) is 9.23. The molecular weight excluding hydrogens is 160 g/mol. The number of hydrogen-bond donors (Lipinski definition) is 3. The van der Waals surface area contributed by atoms with Crippen LogP contribution in [-0.4, -0.2) is 41.4 Å². The van der Waals surface area contributed by atoms with Gasteiger partial charge in [-0.25, -0.2) is 0 Å². The molecule has 0 aliphatic heterocycles. The molecule has 1 unspecified atom stereocenters. The van der Waals surface area contributed by atoms with Crippen LogP contribution in [-0.2, 0) is 4.74 Å². The molecule has 66 valence electrons. The molecule has 0 radical (unpaired) electrons. The van der Waals surface area contributed by atoms with Crippen LogP contribution in [0.15, 0.2) is 0 Å². The van der Waals surface area contributed by atoms with Crippen LogP contribution < -0.4 is 0 Å². The number of ether oxygens (including phenoxy) is 1. The Labute approximate surface area is 70.8 Å². The lowest BCUT2D eigenvalue weighted by Gasteiger charge is -1.99. The number of hydrogen-bond acceptors (Lipinski definition) is 4. The minimum Gasteiger partial charge on any atom is -0.384 e. The summed E-state index contributed by atoms with van der Waals surface area (Å²) in [6.45, 7) is -0.549. The molecule has 0 amide bonds. The summed E-state index contributed by atoms with van der Waals surface area (Å²) in [5.41, 5.74) is 0. The SMILES string of the molecule is OCC#CCOC(O)C#CCO. The molecule has 0 bridgehead atoms. The van der Waals surface area contributed by atoms with E-state index in [-0.39, 0.29) is 19.8 Å². The molecule has 0 fully saturated rings. The summed E-state index contributed by atoms with van der Waals surface area (Å²) in [4.78, 5) is 0. The summed E-state index contributed by atoms with van der Waals surface area (Å²) in [7, 11) is 0. The molecule has 0 saturated carbocycles. The molecular formula is C8H10O4. The maximum absolute atomic E-state index is 8.84. The molecule has 4 heteroatoms. The Bertz CT molecular complexity index is 215. The molecule has 3 N–H and O–H groups in total. The van der Waals surface area contributed by atoms with E-state index in [1.165, 1.54) is 0 Å². The van der Waals surface area contributed by atoms with Gasteiger partial charge in [-0.3, -0.25) is 0 Å². The van der Waals surface area contributed by atoms with Crippen LogP contribution in [0.25, 0.3) is 0 Å². The topological polar surface area (TPSA) is 69.9 Å². The minimum atomic E-state index is -1.23. The average Bonchev–Trinajstić information content (AvgIpc) is 2.09. The molecule has 4 nitrogen and oxygen atoms in total. The van der Waals surface area contributed by atoms with Crippen LogP contribution in [0.3, 0.4) is 0 Å². The highest BCUT2D eigenvalue weighted by Gasteiger charge is 1.93. The van der Waals surface area contributed by atoms with E-state index in [9.17, 15) is 0 Å². The zero-order valence-electron chi connectivity index (χ0n) is 6.45. The molecule has 0 aliphatic rings. The van der Waals surface area contributed by atoms with Crippen LogP contribution in [0, 0.1) is 23.7 Å². The third kappa shape index (κ3) is 7.07. The first kappa shape index (κ1) is 11.0. The molecule has 0 aliphatic carbocycles. The van der Waals surface area contributed by atoms with Gasteiger partial charge in [0.15, 0.2) is 0 Å². The fraction of sp³-hybridized carbons (Fsp3) is 0.500. The molecule has 0 aromatic rings. The van der Waals surface area contributed by atoms with Gasteiger partial charge in [0.25, 0.3) is 0 Å². The molecule has 0 saturated heterocycles. The lowest BCUT2D eigenvalue weighted by Crippen LogP contribution is -2.09. The zero-order valence-corrected chi connectivity index (χ0v) is 6.45. The number of aliphatic hydroxyl groups is 3. The van der Waals surface area contributed by atoms with E-state index in [1.54, 1.807) is 0 Å². The average molecular weight is 170 g/mol. The normalized spacial score (nSPS) is 10.6. The third-order valence-electron chi connectivity index (χ3n) is 0.822. The Hall–Kier alpha value is -1.04. The van der Waals surface area contributed by atoms with Gasteiger partial charge in [-0.1, -0.05) is 17.8 Å². The second-order valence-electron chi connectivity index (χ2n) is 1.65. The van der Waals surface area contributed by atoms with Crippen LogP contribution in [0.1, 0.15) is 0 Å². The van der Waals surface area contributed by atoms with Gasteiger partial charge in [-0.2, -0.15) is 0 Å². The van der Waals surface area contributed by atoms with Crippen molar-refractivity contribution in [3.05, 3.63) is 0 Å². The largest absolute Gasteiger partial charge is 0.384 e. The molecule has 0 aromatic heterocycles. The Balaban J connectivity index is 3.50. The van der Waals surface area contributed by atoms with Crippen molar-refractivity contribution in [1.29, 1.82) is 0 Å². The van der Waals surface area contributed by atoms with Gasteiger partial charge in [-0.05, 0) is 5.92 Å². The Morgan fingerprint density at radius 3 is 2.33 bits per heavy atom. The van der Waals surface area contributed by atoms with Crippen LogP contribution in [0.4, 0.5) is 0 Å². The van der Waals surface area contributed by atoms with Crippen LogP contribution >= 0.6 is 0 Å².